The van der Waals surface area contributed by atoms with Gasteiger partial charge in [-0.05, 0) is 35.9 Å². The molecule has 0 spiro atoms. The Morgan fingerprint density at radius 1 is 1.11 bits per heavy atom. The van der Waals surface area contributed by atoms with Crippen LogP contribution in [0.1, 0.15) is 17.1 Å². The molecule has 4 rings (SSSR count). The highest BCUT2D eigenvalue weighted by Crippen LogP contribution is 2.27. The molecule has 6 nitrogen and oxygen atoms in total. The maximum Gasteiger partial charge on any atom is 0.451 e. The lowest BCUT2D eigenvalue weighted by atomic mass is 10.1. The van der Waals surface area contributed by atoms with Crippen LogP contribution in [-0.2, 0) is 12.6 Å². The van der Waals surface area contributed by atoms with Gasteiger partial charge in [0.15, 0.2) is 0 Å². The summed E-state index contributed by atoms with van der Waals surface area (Å²) in [5, 5.41) is 9.52. The maximum absolute atomic E-state index is 13.9. The largest absolute Gasteiger partial charge is 0.451 e. The highest BCUT2D eigenvalue weighted by molar-refractivity contribution is 5.79. The van der Waals surface area contributed by atoms with Gasteiger partial charge in [-0.3, -0.25) is 10.1 Å². The van der Waals surface area contributed by atoms with Crippen molar-refractivity contribution in [1.29, 1.82) is 0 Å². The molecule has 1 N–H and O–H groups in total. The summed E-state index contributed by atoms with van der Waals surface area (Å²) in [6, 6.07) is 6.12. The van der Waals surface area contributed by atoms with Crippen LogP contribution in [0.3, 0.4) is 0 Å². The predicted molar refractivity (Wildman–Crippen MR) is 83.0 cm³/mol. The number of pyridine rings is 1. The van der Waals surface area contributed by atoms with Crippen molar-refractivity contribution in [1.82, 2.24) is 29.9 Å². The third-order valence-electron chi connectivity index (χ3n) is 3.81. The number of fused-ring (bicyclic) bond motifs is 1. The molecule has 0 aliphatic heterocycles. The van der Waals surface area contributed by atoms with Crippen molar-refractivity contribution < 1.29 is 22.0 Å². The quantitative estimate of drug-likeness (QED) is 0.553. The molecule has 0 radical (unpaired) electrons. The zero-order valence-corrected chi connectivity index (χ0v) is 13.3. The van der Waals surface area contributed by atoms with Crippen LogP contribution in [0.4, 0.5) is 22.0 Å². The molecular weight excluding hydrogens is 371 g/mol. The van der Waals surface area contributed by atoms with Gasteiger partial charge >= 0.3 is 6.18 Å². The van der Waals surface area contributed by atoms with E-state index >= 15 is 0 Å². The van der Waals surface area contributed by atoms with Gasteiger partial charge in [0.2, 0.25) is 5.82 Å². The lowest BCUT2D eigenvalue weighted by Gasteiger charge is -2.01. The minimum absolute atomic E-state index is 0.0400. The van der Waals surface area contributed by atoms with Crippen LogP contribution in [0.5, 0.6) is 0 Å². The molecule has 0 unspecified atom stereocenters. The molecule has 0 aliphatic rings. The van der Waals surface area contributed by atoms with Gasteiger partial charge in [-0.1, -0.05) is 0 Å². The first kappa shape index (κ1) is 17.1. The Bertz CT molecular complexity index is 1130. The van der Waals surface area contributed by atoms with E-state index in [0.29, 0.717) is 11.0 Å². The van der Waals surface area contributed by atoms with E-state index in [9.17, 15) is 22.0 Å². The molecular formula is C16H9F5N6. The number of hydrogen-bond donors (Lipinski definition) is 1. The number of rotatable bonds is 3. The monoisotopic (exact) mass is 380 g/mol. The summed E-state index contributed by atoms with van der Waals surface area (Å²) in [5.74, 6) is -2.87. The molecule has 11 heteroatoms. The molecule has 0 saturated carbocycles. The summed E-state index contributed by atoms with van der Waals surface area (Å²) in [4.78, 5) is 7.54. The first-order valence-electron chi connectivity index (χ1n) is 7.59. The van der Waals surface area contributed by atoms with E-state index in [1.54, 1.807) is 12.1 Å². The second-order valence-corrected chi connectivity index (χ2v) is 5.62. The SMILES string of the molecule is Fc1ccc(F)c(Cc2nn(-c3n[nH]c(C(F)(F)F)n3)c3cccnc23)c1. The van der Waals surface area contributed by atoms with Crippen molar-refractivity contribution in [2.24, 2.45) is 0 Å². The topological polar surface area (TPSA) is 72.3 Å². The Hall–Kier alpha value is -3.37. The number of alkyl halides is 3. The number of hydrogen-bond acceptors (Lipinski definition) is 4. The summed E-state index contributed by atoms with van der Waals surface area (Å²) >= 11 is 0. The van der Waals surface area contributed by atoms with Gasteiger partial charge in [-0.25, -0.2) is 8.78 Å². The standard InChI is InChI=1S/C16H9F5N6/c17-9-3-4-10(18)8(6-9)7-11-13-12(2-1-5-22-13)27(26-11)15-23-14(24-25-15)16(19,20)21/h1-6H,7H2,(H,23,24,25). The summed E-state index contributed by atoms with van der Waals surface area (Å²) in [6.45, 7) is 0. The van der Waals surface area contributed by atoms with E-state index < -0.39 is 23.6 Å². The van der Waals surface area contributed by atoms with E-state index in [1.165, 1.54) is 6.20 Å². The number of aromatic amines is 1. The van der Waals surface area contributed by atoms with Crippen LogP contribution >= 0.6 is 0 Å². The number of benzene rings is 1. The molecule has 3 aromatic heterocycles. The third kappa shape index (κ3) is 3.11. The van der Waals surface area contributed by atoms with Gasteiger partial charge in [0.05, 0.1) is 11.2 Å². The van der Waals surface area contributed by atoms with E-state index in [2.05, 4.69) is 20.2 Å². The zero-order chi connectivity index (χ0) is 19.2. The zero-order valence-electron chi connectivity index (χ0n) is 13.3. The van der Waals surface area contributed by atoms with Crippen LogP contribution in [0.25, 0.3) is 17.0 Å². The molecule has 4 aromatic rings. The second kappa shape index (κ2) is 6.11. The molecule has 0 aliphatic carbocycles. The Kier molecular flexibility index (Phi) is 3.86. The molecule has 3 heterocycles. The normalized spacial score (nSPS) is 12.0. The molecule has 0 amide bonds. The highest BCUT2D eigenvalue weighted by atomic mass is 19.4. The average Bonchev–Trinajstić information content (AvgIpc) is 3.23. The molecule has 27 heavy (non-hydrogen) atoms. The highest BCUT2D eigenvalue weighted by Gasteiger charge is 2.35. The third-order valence-corrected chi connectivity index (χ3v) is 3.81. The Labute approximate surface area is 147 Å². The van der Waals surface area contributed by atoms with Crippen LogP contribution in [0.15, 0.2) is 36.5 Å². The summed E-state index contributed by atoms with van der Waals surface area (Å²) < 4.78 is 66.7. The fraction of sp³-hybridized carbons (Fsp3) is 0.125. The van der Waals surface area contributed by atoms with Gasteiger partial charge < -0.3 is 0 Å². The molecule has 0 bridgehead atoms. The predicted octanol–water partition coefficient (Wildman–Crippen LogP) is 3.43. The first-order valence-corrected chi connectivity index (χ1v) is 7.59. The number of aromatic nitrogens is 6. The Balaban J connectivity index is 1.82. The van der Waals surface area contributed by atoms with Crippen molar-refractivity contribution in [3.05, 3.63) is 65.2 Å². The molecule has 0 saturated heterocycles. The lowest BCUT2D eigenvalue weighted by molar-refractivity contribution is -0.144. The molecule has 1 aromatic carbocycles. The van der Waals surface area contributed by atoms with Gasteiger partial charge in [0, 0.05) is 12.6 Å². The van der Waals surface area contributed by atoms with Crippen molar-refractivity contribution in [2.45, 2.75) is 12.6 Å². The minimum Gasteiger partial charge on any atom is -0.253 e. The minimum atomic E-state index is -4.69. The number of nitrogens with one attached hydrogen (secondary N) is 1. The fourth-order valence-electron chi connectivity index (χ4n) is 2.62. The summed E-state index contributed by atoms with van der Waals surface area (Å²) in [7, 11) is 0. The first-order chi connectivity index (χ1) is 12.8. The smallest absolute Gasteiger partial charge is 0.253 e. The molecule has 0 fully saturated rings. The van der Waals surface area contributed by atoms with E-state index in [4.69, 9.17) is 0 Å². The summed E-state index contributed by atoms with van der Waals surface area (Å²) in [5.41, 5.74) is 0.934. The van der Waals surface area contributed by atoms with Crippen LogP contribution in [-0.4, -0.2) is 29.9 Å². The van der Waals surface area contributed by atoms with E-state index in [0.717, 1.165) is 22.9 Å². The Morgan fingerprint density at radius 3 is 2.67 bits per heavy atom. The molecule has 138 valence electrons. The van der Waals surface area contributed by atoms with Crippen LogP contribution in [0, 0.1) is 11.6 Å². The van der Waals surface area contributed by atoms with Crippen molar-refractivity contribution in [3.63, 3.8) is 0 Å². The van der Waals surface area contributed by atoms with Crippen LogP contribution < -0.4 is 0 Å². The second-order valence-electron chi connectivity index (χ2n) is 5.62. The molecule has 0 atom stereocenters. The lowest BCUT2D eigenvalue weighted by Crippen LogP contribution is -2.08. The van der Waals surface area contributed by atoms with Gasteiger partial charge in [-0.2, -0.15) is 27.9 Å². The Morgan fingerprint density at radius 2 is 1.93 bits per heavy atom. The van der Waals surface area contributed by atoms with Crippen molar-refractivity contribution in [2.75, 3.05) is 0 Å². The van der Waals surface area contributed by atoms with Gasteiger partial charge in [-0.15, -0.1) is 5.10 Å². The number of nitrogens with zero attached hydrogens (tertiary/aromatic N) is 5. The van der Waals surface area contributed by atoms with E-state index in [-0.39, 0.29) is 23.6 Å². The average molecular weight is 380 g/mol. The number of H-pyrrole nitrogens is 1. The van der Waals surface area contributed by atoms with E-state index in [1.807, 2.05) is 5.10 Å². The fourth-order valence-corrected chi connectivity index (χ4v) is 2.62. The van der Waals surface area contributed by atoms with Gasteiger partial charge in [0.25, 0.3) is 5.95 Å². The summed E-state index contributed by atoms with van der Waals surface area (Å²) in [6.07, 6.45) is -3.35. The maximum atomic E-state index is 13.9. The number of halogens is 5. The van der Waals surface area contributed by atoms with Crippen LogP contribution in [0.2, 0.25) is 0 Å². The van der Waals surface area contributed by atoms with Crippen molar-refractivity contribution >= 4 is 11.0 Å². The van der Waals surface area contributed by atoms with Crippen molar-refractivity contribution in [3.8, 4) is 5.95 Å². The van der Waals surface area contributed by atoms with Gasteiger partial charge in [0.1, 0.15) is 17.2 Å².